The summed E-state index contributed by atoms with van der Waals surface area (Å²) in [6.45, 7) is 0. The number of ketones is 1. The van der Waals surface area contributed by atoms with Gasteiger partial charge in [-0.2, -0.15) is 0 Å². The highest BCUT2D eigenvalue weighted by Crippen LogP contribution is 2.26. The molecule has 0 aliphatic heterocycles. The third kappa shape index (κ3) is 2.18. The van der Waals surface area contributed by atoms with E-state index in [9.17, 15) is 9.90 Å². The molecule has 0 heterocycles. The van der Waals surface area contributed by atoms with Gasteiger partial charge in [0.1, 0.15) is 0 Å². The SMILES string of the molecule is CO[C@](O)(C(=O)c1ccccc1)c1ccccc1. The van der Waals surface area contributed by atoms with Crippen molar-refractivity contribution in [1.82, 2.24) is 0 Å². The first-order valence-electron chi connectivity index (χ1n) is 5.61. The number of methoxy groups -OCH3 is 1. The smallest absolute Gasteiger partial charge is 0.258 e. The van der Waals surface area contributed by atoms with Crippen LogP contribution in [-0.2, 0) is 10.5 Å². The lowest BCUT2D eigenvalue weighted by atomic mass is 9.96. The number of hydrogen-bond acceptors (Lipinski definition) is 3. The quantitative estimate of drug-likeness (QED) is 0.661. The standard InChI is InChI=1S/C15H14O3/c1-18-15(17,13-10-6-3-7-11-13)14(16)12-8-4-2-5-9-12/h2-11,17H,1H3/t15-/m0/s1. The maximum Gasteiger partial charge on any atom is 0.258 e. The Hall–Kier alpha value is -1.97. The van der Waals surface area contributed by atoms with Gasteiger partial charge in [-0.15, -0.1) is 0 Å². The highest BCUT2D eigenvalue weighted by atomic mass is 16.6. The van der Waals surface area contributed by atoms with E-state index < -0.39 is 11.6 Å². The minimum atomic E-state index is -1.94. The summed E-state index contributed by atoms with van der Waals surface area (Å²) in [5.41, 5.74) is 0.826. The molecule has 2 rings (SSSR count). The Morgan fingerprint density at radius 1 is 1.00 bits per heavy atom. The highest BCUT2D eigenvalue weighted by Gasteiger charge is 2.38. The zero-order valence-corrected chi connectivity index (χ0v) is 10.0. The number of ether oxygens (including phenoxy) is 1. The molecular formula is C15H14O3. The normalized spacial score (nSPS) is 13.9. The largest absolute Gasteiger partial charge is 0.356 e. The van der Waals surface area contributed by atoms with E-state index in [1.165, 1.54) is 7.11 Å². The Morgan fingerprint density at radius 3 is 2.00 bits per heavy atom. The van der Waals surface area contributed by atoms with Gasteiger partial charge in [0.05, 0.1) is 0 Å². The van der Waals surface area contributed by atoms with Gasteiger partial charge >= 0.3 is 0 Å². The summed E-state index contributed by atoms with van der Waals surface area (Å²) in [4.78, 5) is 12.3. The summed E-state index contributed by atoms with van der Waals surface area (Å²) in [6, 6.07) is 17.2. The number of rotatable bonds is 4. The van der Waals surface area contributed by atoms with Crippen molar-refractivity contribution in [1.29, 1.82) is 0 Å². The lowest BCUT2D eigenvalue weighted by Gasteiger charge is -2.25. The number of benzene rings is 2. The van der Waals surface area contributed by atoms with Gasteiger partial charge in [0.25, 0.3) is 5.79 Å². The van der Waals surface area contributed by atoms with Crippen molar-refractivity contribution in [3.05, 3.63) is 71.8 Å². The Kier molecular flexibility index (Phi) is 3.55. The zero-order valence-electron chi connectivity index (χ0n) is 10.0. The highest BCUT2D eigenvalue weighted by molar-refractivity contribution is 6.01. The second kappa shape index (κ2) is 5.12. The van der Waals surface area contributed by atoms with E-state index in [2.05, 4.69) is 0 Å². The fourth-order valence-corrected chi connectivity index (χ4v) is 1.79. The molecule has 0 bridgehead atoms. The molecule has 0 aliphatic carbocycles. The zero-order chi connectivity index (χ0) is 13.0. The van der Waals surface area contributed by atoms with E-state index in [4.69, 9.17) is 4.74 Å². The molecule has 1 N–H and O–H groups in total. The lowest BCUT2D eigenvalue weighted by Crippen LogP contribution is -2.37. The molecule has 0 saturated heterocycles. The molecule has 1 atom stereocenters. The van der Waals surface area contributed by atoms with Crippen molar-refractivity contribution >= 4 is 5.78 Å². The molecule has 0 aliphatic rings. The number of carbonyl (C=O) groups excluding carboxylic acids is 1. The van der Waals surface area contributed by atoms with Crippen LogP contribution >= 0.6 is 0 Å². The predicted molar refractivity (Wildman–Crippen MR) is 68.1 cm³/mol. The molecule has 0 amide bonds. The van der Waals surface area contributed by atoms with Gasteiger partial charge in [-0.05, 0) is 0 Å². The fourth-order valence-electron chi connectivity index (χ4n) is 1.79. The number of carbonyl (C=O) groups is 1. The summed E-state index contributed by atoms with van der Waals surface area (Å²) in [6.07, 6.45) is 0. The van der Waals surface area contributed by atoms with Crippen LogP contribution in [0.25, 0.3) is 0 Å². The molecule has 0 aromatic heterocycles. The van der Waals surface area contributed by atoms with Crippen molar-refractivity contribution in [2.75, 3.05) is 7.11 Å². The second-order valence-corrected chi connectivity index (χ2v) is 3.91. The van der Waals surface area contributed by atoms with Gasteiger partial charge in [0.2, 0.25) is 5.78 Å². The molecule has 3 nitrogen and oxygen atoms in total. The number of Topliss-reactive ketones (excluding diaryl/α,β-unsaturated/α-hetero) is 1. The lowest BCUT2D eigenvalue weighted by molar-refractivity contribution is -0.153. The Bertz CT molecular complexity index is 522. The van der Waals surface area contributed by atoms with E-state index in [0.29, 0.717) is 11.1 Å². The molecule has 3 heteroatoms. The van der Waals surface area contributed by atoms with Crippen molar-refractivity contribution in [2.24, 2.45) is 0 Å². The average molecular weight is 242 g/mol. The Balaban J connectivity index is 2.43. The Morgan fingerprint density at radius 2 is 1.50 bits per heavy atom. The van der Waals surface area contributed by atoms with Crippen LogP contribution in [0.15, 0.2) is 60.7 Å². The van der Waals surface area contributed by atoms with E-state index in [0.717, 1.165) is 0 Å². The molecule has 2 aromatic rings. The summed E-state index contributed by atoms with van der Waals surface area (Å²) < 4.78 is 5.05. The topological polar surface area (TPSA) is 46.5 Å². The molecular weight excluding hydrogens is 228 g/mol. The van der Waals surface area contributed by atoms with Crippen LogP contribution in [0.3, 0.4) is 0 Å². The first-order chi connectivity index (χ1) is 8.68. The monoisotopic (exact) mass is 242 g/mol. The van der Waals surface area contributed by atoms with Crippen LogP contribution in [0.5, 0.6) is 0 Å². The predicted octanol–water partition coefficient (Wildman–Crippen LogP) is 2.36. The van der Waals surface area contributed by atoms with Crippen LogP contribution in [-0.4, -0.2) is 18.0 Å². The first kappa shape index (κ1) is 12.5. The van der Waals surface area contributed by atoms with Crippen molar-refractivity contribution in [3.8, 4) is 0 Å². The first-order valence-corrected chi connectivity index (χ1v) is 5.61. The molecule has 0 spiro atoms. The van der Waals surface area contributed by atoms with Gasteiger partial charge < -0.3 is 9.84 Å². The molecule has 18 heavy (non-hydrogen) atoms. The van der Waals surface area contributed by atoms with Crippen LogP contribution in [0.4, 0.5) is 0 Å². The van der Waals surface area contributed by atoms with Crippen LogP contribution in [0.2, 0.25) is 0 Å². The second-order valence-electron chi connectivity index (χ2n) is 3.91. The van der Waals surface area contributed by atoms with Gasteiger partial charge in [-0.1, -0.05) is 60.7 Å². The molecule has 92 valence electrons. The van der Waals surface area contributed by atoms with Gasteiger partial charge in [0.15, 0.2) is 0 Å². The van der Waals surface area contributed by atoms with E-state index in [1.54, 1.807) is 48.5 Å². The Labute approximate surface area is 106 Å². The number of aliphatic hydroxyl groups is 1. The van der Waals surface area contributed by atoms with Crippen LogP contribution < -0.4 is 0 Å². The molecule has 2 aromatic carbocycles. The maximum atomic E-state index is 12.3. The minimum absolute atomic E-state index is 0.408. The summed E-state index contributed by atoms with van der Waals surface area (Å²) in [5, 5.41) is 10.4. The summed E-state index contributed by atoms with van der Waals surface area (Å²) in [5.74, 6) is -2.42. The van der Waals surface area contributed by atoms with Crippen molar-refractivity contribution in [3.63, 3.8) is 0 Å². The van der Waals surface area contributed by atoms with Crippen molar-refractivity contribution < 1.29 is 14.6 Å². The fraction of sp³-hybridized carbons (Fsp3) is 0.133. The maximum absolute atomic E-state index is 12.3. The molecule has 0 radical (unpaired) electrons. The van der Waals surface area contributed by atoms with E-state index in [1.807, 2.05) is 12.1 Å². The third-order valence-corrected chi connectivity index (χ3v) is 2.80. The van der Waals surface area contributed by atoms with Gasteiger partial charge in [-0.25, -0.2) is 0 Å². The van der Waals surface area contributed by atoms with E-state index >= 15 is 0 Å². The third-order valence-electron chi connectivity index (χ3n) is 2.80. The van der Waals surface area contributed by atoms with Gasteiger partial charge in [-0.3, -0.25) is 4.79 Å². The molecule has 0 unspecified atom stereocenters. The molecule has 0 fully saturated rings. The average Bonchev–Trinajstić information content (AvgIpc) is 2.47. The van der Waals surface area contributed by atoms with Crippen LogP contribution in [0, 0.1) is 0 Å². The van der Waals surface area contributed by atoms with E-state index in [-0.39, 0.29) is 0 Å². The minimum Gasteiger partial charge on any atom is -0.356 e. The number of hydrogen-bond donors (Lipinski definition) is 1. The van der Waals surface area contributed by atoms with Gasteiger partial charge in [0, 0.05) is 18.2 Å². The van der Waals surface area contributed by atoms with Crippen LogP contribution in [0.1, 0.15) is 15.9 Å². The van der Waals surface area contributed by atoms with Crippen molar-refractivity contribution in [2.45, 2.75) is 5.79 Å². The summed E-state index contributed by atoms with van der Waals surface area (Å²) in [7, 11) is 1.31. The molecule has 0 saturated carbocycles. The summed E-state index contributed by atoms with van der Waals surface area (Å²) >= 11 is 0.